The van der Waals surface area contributed by atoms with Crippen molar-refractivity contribution in [3.63, 3.8) is 0 Å². The van der Waals surface area contributed by atoms with Crippen molar-refractivity contribution in [1.29, 1.82) is 0 Å². The van der Waals surface area contributed by atoms with Gasteiger partial charge in [0.2, 0.25) is 5.91 Å². The van der Waals surface area contributed by atoms with Crippen LogP contribution in [-0.2, 0) is 21.4 Å². The van der Waals surface area contributed by atoms with Gasteiger partial charge in [-0.25, -0.2) is 8.42 Å². The Labute approximate surface area is 206 Å². The second-order valence-corrected chi connectivity index (χ2v) is 10.7. The van der Waals surface area contributed by atoms with E-state index in [-0.39, 0.29) is 17.3 Å². The van der Waals surface area contributed by atoms with Crippen LogP contribution in [-0.4, -0.2) is 56.8 Å². The molecule has 3 aromatic carbocycles. The summed E-state index contributed by atoms with van der Waals surface area (Å²) < 4.78 is 28.2. The lowest BCUT2D eigenvalue weighted by molar-refractivity contribution is -0.131. The van der Waals surface area contributed by atoms with Crippen LogP contribution in [0.3, 0.4) is 0 Å². The summed E-state index contributed by atoms with van der Waals surface area (Å²) >= 11 is 6.02. The number of carbonyl (C=O) groups excluding carboxylic acids is 1. The topological polar surface area (TPSA) is 60.9 Å². The van der Waals surface area contributed by atoms with E-state index in [1.54, 1.807) is 53.4 Å². The van der Waals surface area contributed by atoms with Gasteiger partial charge in [0.1, 0.15) is 6.54 Å². The lowest BCUT2D eigenvalue weighted by Gasteiger charge is -2.36. The summed E-state index contributed by atoms with van der Waals surface area (Å²) in [6.45, 7) is 5.07. The van der Waals surface area contributed by atoms with Crippen molar-refractivity contribution in [1.82, 2.24) is 9.80 Å². The minimum absolute atomic E-state index is 0.147. The molecule has 8 heteroatoms. The predicted octanol–water partition coefficient (Wildman–Crippen LogP) is 4.19. The zero-order chi connectivity index (χ0) is 24.1. The molecule has 0 N–H and O–H groups in total. The Morgan fingerprint density at radius 1 is 0.882 bits per heavy atom. The third-order valence-electron chi connectivity index (χ3n) is 5.98. The smallest absolute Gasteiger partial charge is 0.264 e. The fraction of sp³-hybridized carbons (Fsp3) is 0.269. The number of nitrogens with zero attached hydrogens (tertiary/aromatic N) is 3. The summed E-state index contributed by atoms with van der Waals surface area (Å²) in [6.07, 6.45) is 0. The zero-order valence-electron chi connectivity index (χ0n) is 19.1. The molecule has 0 unspecified atom stereocenters. The minimum atomic E-state index is -3.94. The standard InChI is InChI=1S/C26H28ClN3O3S/c1-21-7-13-25(14-8-21)34(32,33)30(24-11-9-23(27)10-12-24)20-26(31)29-17-15-28(16-18-29)19-22-5-3-2-4-6-22/h2-14H,15-20H2,1H3. The molecule has 0 radical (unpaired) electrons. The van der Waals surface area contributed by atoms with Gasteiger partial charge in [0.25, 0.3) is 10.0 Å². The number of halogens is 1. The van der Waals surface area contributed by atoms with Crippen LogP contribution in [0.1, 0.15) is 11.1 Å². The molecule has 3 aromatic rings. The van der Waals surface area contributed by atoms with Crippen LogP contribution < -0.4 is 4.31 Å². The molecule has 34 heavy (non-hydrogen) atoms. The van der Waals surface area contributed by atoms with Crippen LogP contribution in [0.15, 0.2) is 83.8 Å². The Bertz CT molecular complexity index is 1210. The first kappa shape index (κ1) is 24.3. The Kier molecular flexibility index (Phi) is 7.56. The molecule has 1 heterocycles. The van der Waals surface area contributed by atoms with Crippen molar-refractivity contribution in [2.24, 2.45) is 0 Å². The van der Waals surface area contributed by atoms with Crippen LogP contribution in [0.4, 0.5) is 5.69 Å². The molecule has 1 fully saturated rings. The summed E-state index contributed by atoms with van der Waals surface area (Å²) in [5, 5.41) is 0.497. The molecule has 1 amide bonds. The van der Waals surface area contributed by atoms with Crippen molar-refractivity contribution in [2.75, 3.05) is 37.0 Å². The molecular weight excluding hydrogens is 470 g/mol. The van der Waals surface area contributed by atoms with E-state index in [0.29, 0.717) is 23.8 Å². The average Bonchev–Trinajstić information content (AvgIpc) is 2.84. The number of carbonyl (C=O) groups is 1. The summed E-state index contributed by atoms with van der Waals surface area (Å²) in [4.78, 5) is 17.4. The molecule has 0 aliphatic carbocycles. The predicted molar refractivity (Wildman–Crippen MR) is 135 cm³/mol. The highest BCUT2D eigenvalue weighted by Crippen LogP contribution is 2.26. The van der Waals surface area contributed by atoms with Crippen molar-refractivity contribution >= 4 is 33.2 Å². The monoisotopic (exact) mass is 497 g/mol. The lowest BCUT2D eigenvalue weighted by atomic mass is 10.2. The van der Waals surface area contributed by atoms with E-state index in [1.165, 1.54) is 9.87 Å². The van der Waals surface area contributed by atoms with E-state index in [9.17, 15) is 13.2 Å². The van der Waals surface area contributed by atoms with E-state index in [4.69, 9.17) is 11.6 Å². The van der Waals surface area contributed by atoms with Gasteiger partial charge in [-0.05, 0) is 48.9 Å². The molecule has 0 saturated carbocycles. The maximum Gasteiger partial charge on any atom is 0.264 e. The van der Waals surface area contributed by atoms with Gasteiger partial charge in [0, 0.05) is 37.7 Å². The normalized spacial score (nSPS) is 14.7. The molecule has 178 valence electrons. The Hall–Kier alpha value is -2.87. The van der Waals surface area contributed by atoms with Crippen LogP contribution in [0.2, 0.25) is 5.02 Å². The molecule has 0 spiro atoms. The maximum absolute atomic E-state index is 13.5. The van der Waals surface area contributed by atoms with E-state index in [1.807, 2.05) is 25.1 Å². The molecule has 0 bridgehead atoms. The Morgan fingerprint density at radius 3 is 2.12 bits per heavy atom. The maximum atomic E-state index is 13.5. The quantitative estimate of drug-likeness (QED) is 0.491. The summed E-state index contributed by atoms with van der Waals surface area (Å²) in [5.41, 5.74) is 2.60. The van der Waals surface area contributed by atoms with Crippen LogP contribution in [0.25, 0.3) is 0 Å². The first-order valence-electron chi connectivity index (χ1n) is 11.2. The van der Waals surface area contributed by atoms with Crippen molar-refractivity contribution in [3.05, 3.63) is 95.0 Å². The number of sulfonamides is 1. The van der Waals surface area contributed by atoms with E-state index in [0.717, 1.165) is 25.2 Å². The summed E-state index contributed by atoms with van der Waals surface area (Å²) in [6, 6.07) is 23.4. The third-order valence-corrected chi connectivity index (χ3v) is 8.02. The largest absolute Gasteiger partial charge is 0.339 e. The Morgan fingerprint density at radius 2 is 1.50 bits per heavy atom. The first-order valence-corrected chi connectivity index (χ1v) is 13.0. The van der Waals surface area contributed by atoms with Gasteiger partial charge in [-0.1, -0.05) is 59.6 Å². The molecule has 1 aliphatic rings. The van der Waals surface area contributed by atoms with Crippen molar-refractivity contribution in [2.45, 2.75) is 18.4 Å². The summed E-state index contributed by atoms with van der Waals surface area (Å²) in [7, 11) is -3.94. The lowest BCUT2D eigenvalue weighted by Crippen LogP contribution is -2.51. The van der Waals surface area contributed by atoms with Gasteiger partial charge in [-0.2, -0.15) is 0 Å². The SMILES string of the molecule is Cc1ccc(S(=O)(=O)N(CC(=O)N2CCN(Cc3ccccc3)CC2)c2ccc(Cl)cc2)cc1. The molecule has 1 saturated heterocycles. The van der Waals surface area contributed by atoms with Gasteiger partial charge in [-0.15, -0.1) is 0 Å². The minimum Gasteiger partial charge on any atom is -0.339 e. The van der Waals surface area contributed by atoms with Crippen LogP contribution in [0, 0.1) is 6.92 Å². The molecular formula is C26H28ClN3O3S. The van der Waals surface area contributed by atoms with Gasteiger partial charge in [-0.3, -0.25) is 14.0 Å². The number of rotatable bonds is 7. The van der Waals surface area contributed by atoms with Gasteiger partial charge in [0.05, 0.1) is 10.6 Å². The average molecular weight is 498 g/mol. The zero-order valence-corrected chi connectivity index (χ0v) is 20.7. The molecule has 0 atom stereocenters. The number of aryl methyl sites for hydroxylation is 1. The molecule has 1 aliphatic heterocycles. The summed E-state index contributed by atoms with van der Waals surface area (Å²) in [5.74, 6) is -0.218. The fourth-order valence-corrected chi connectivity index (χ4v) is 5.52. The fourth-order valence-electron chi connectivity index (χ4n) is 3.98. The second-order valence-electron chi connectivity index (χ2n) is 8.44. The van der Waals surface area contributed by atoms with Crippen LogP contribution in [0.5, 0.6) is 0 Å². The number of anilines is 1. The first-order chi connectivity index (χ1) is 16.3. The number of benzene rings is 3. The van der Waals surface area contributed by atoms with Gasteiger partial charge < -0.3 is 4.90 Å². The number of hydrogen-bond acceptors (Lipinski definition) is 4. The highest BCUT2D eigenvalue weighted by molar-refractivity contribution is 7.92. The van der Waals surface area contributed by atoms with Crippen LogP contribution >= 0.6 is 11.6 Å². The van der Waals surface area contributed by atoms with E-state index in [2.05, 4.69) is 17.0 Å². The molecule has 4 rings (SSSR count). The number of hydrogen-bond donors (Lipinski definition) is 0. The third kappa shape index (κ3) is 5.78. The highest BCUT2D eigenvalue weighted by Gasteiger charge is 2.30. The number of piperazine rings is 1. The number of amides is 1. The van der Waals surface area contributed by atoms with Gasteiger partial charge in [0.15, 0.2) is 0 Å². The second kappa shape index (κ2) is 10.6. The molecule has 6 nitrogen and oxygen atoms in total. The molecule has 0 aromatic heterocycles. The van der Waals surface area contributed by atoms with Crippen molar-refractivity contribution in [3.8, 4) is 0 Å². The van der Waals surface area contributed by atoms with E-state index >= 15 is 0 Å². The Balaban J connectivity index is 1.48. The highest BCUT2D eigenvalue weighted by atomic mass is 35.5. The van der Waals surface area contributed by atoms with Gasteiger partial charge >= 0.3 is 0 Å². The van der Waals surface area contributed by atoms with E-state index < -0.39 is 10.0 Å². The van der Waals surface area contributed by atoms with Crippen molar-refractivity contribution < 1.29 is 13.2 Å².